The summed E-state index contributed by atoms with van der Waals surface area (Å²) in [5.41, 5.74) is 5.24. The monoisotopic (exact) mass is 177 g/mol. The summed E-state index contributed by atoms with van der Waals surface area (Å²) < 4.78 is 4.55. The highest BCUT2D eigenvalue weighted by Gasteiger charge is 2.20. The molecule has 4 N–H and O–H groups in total. The molecule has 0 aromatic heterocycles. The van der Waals surface area contributed by atoms with Crippen molar-refractivity contribution in [3.63, 3.8) is 0 Å². The fraction of sp³-hybridized carbons (Fsp3) is 0.857. The first kappa shape index (κ1) is 11.4. The highest BCUT2D eigenvalue weighted by atomic mass is 16.5. The number of esters is 1. The molecule has 0 saturated heterocycles. The highest BCUT2D eigenvalue weighted by molar-refractivity contribution is 5.76. The van der Waals surface area contributed by atoms with Crippen LogP contribution in [0, 0.1) is 0 Å². The summed E-state index contributed by atoms with van der Waals surface area (Å²) in [4.78, 5) is 10.9. The van der Waals surface area contributed by atoms with Crippen molar-refractivity contribution in [1.82, 2.24) is 0 Å². The Labute approximate surface area is 71.1 Å². The van der Waals surface area contributed by atoms with Crippen molar-refractivity contribution in [3.05, 3.63) is 0 Å². The first-order chi connectivity index (χ1) is 5.45. The standard InChI is InChI=1S/C7H15NO4/c1-4(9)3-12-7(11)6(8)5(2)10/h4-6,9-10H,3,8H2,1-2H3/t4?,5-,6+/m1/s1. The Kier molecular flexibility index (Phi) is 4.80. The number of ether oxygens (including phenoxy) is 1. The van der Waals surface area contributed by atoms with Gasteiger partial charge in [0.2, 0.25) is 0 Å². The van der Waals surface area contributed by atoms with Crippen LogP contribution in [0.15, 0.2) is 0 Å². The molecule has 0 aliphatic heterocycles. The Morgan fingerprint density at radius 2 is 2.00 bits per heavy atom. The van der Waals surface area contributed by atoms with E-state index >= 15 is 0 Å². The molecule has 0 fully saturated rings. The van der Waals surface area contributed by atoms with Crippen molar-refractivity contribution in [2.45, 2.75) is 32.1 Å². The zero-order valence-corrected chi connectivity index (χ0v) is 7.23. The van der Waals surface area contributed by atoms with Gasteiger partial charge in [-0.15, -0.1) is 0 Å². The van der Waals surface area contributed by atoms with Crippen LogP contribution in [0.3, 0.4) is 0 Å². The SMILES string of the molecule is CC(O)COC(=O)[C@@H](N)[C@@H](C)O. The lowest BCUT2D eigenvalue weighted by Gasteiger charge is -2.14. The minimum absolute atomic E-state index is 0.0980. The first-order valence-corrected chi connectivity index (χ1v) is 3.73. The van der Waals surface area contributed by atoms with Gasteiger partial charge in [0.25, 0.3) is 0 Å². The van der Waals surface area contributed by atoms with Gasteiger partial charge in [-0.05, 0) is 13.8 Å². The van der Waals surface area contributed by atoms with Crippen molar-refractivity contribution >= 4 is 5.97 Å². The molecule has 0 spiro atoms. The van der Waals surface area contributed by atoms with Gasteiger partial charge in [0.05, 0.1) is 12.2 Å². The van der Waals surface area contributed by atoms with E-state index in [4.69, 9.17) is 15.9 Å². The molecule has 0 saturated carbocycles. The lowest BCUT2D eigenvalue weighted by atomic mass is 10.2. The van der Waals surface area contributed by atoms with Crippen molar-refractivity contribution < 1.29 is 19.7 Å². The summed E-state index contributed by atoms with van der Waals surface area (Å²) in [5, 5.41) is 17.6. The maximum atomic E-state index is 10.9. The number of aliphatic hydroxyl groups is 2. The van der Waals surface area contributed by atoms with Crippen LogP contribution in [-0.2, 0) is 9.53 Å². The van der Waals surface area contributed by atoms with E-state index in [1.165, 1.54) is 13.8 Å². The molecular weight excluding hydrogens is 162 g/mol. The normalized spacial score (nSPS) is 18.1. The lowest BCUT2D eigenvalue weighted by molar-refractivity contribution is -0.150. The molecule has 0 amide bonds. The average Bonchev–Trinajstić information content (AvgIpc) is 1.98. The summed E-state index contributed by atoms with van der Waals surface area (Å²) in [7, 11) is 0. The van der Waals surface area contributed by atoms with Crippen LogP contribution >= 0.6 is 0 Å². The van der Waals surface area contributed by atoms with E-state index in [1.54, 1.807) is 0 Å². The second-order valence-corrected chi connectivity index (χ2v) is 2.75. The number of aliphatic hydroxyl groups excluding tert-OH is 2. The van der Waals surface area contributed by atoms with Gasteiger partial charge in [-0.1, -0.05) is 0 Å². The van der Waals surface area contributed by atoms with Crippen LogP contribution < -0.4 is 5.73 Å². The minimum Gasteiger partial charge on any atom is -0.462 e. The van der Waals surface area contributed by atoms with Crippen LogP contribution in [0.5, 0.6) is 0 Å². The molecule has 0 rings (SSSR count). The van der Waals surface area contributed by atoms with Gasteiger partial charge in [-0.2, -0.15) is 0 Å². The minimum atomic E-state index is -1.04. The summed E-state index contributed by atoms with van der Waals surface area (Å²) in [6.07, 6.45) is -1.65. The van der Waals surface area contributed by atoms with Crippen LogP contribution in [0.25, 0.3) is 0 Å². The summed E-state index contributed by atoms with van der Waals surface area (Å²) >= 11 is 0. The summed E-state index contributed by atoms with van der Waals surface area (Å²) in [6, 6.07) is -1.04. The van der Waals surface area contributed by atoms with E-state index in [-0.39, 0.29) is 6.61 Å². The van der Waals surface area contributed by atoms with Crippen LogP contribution in [0.4, 0.5) is 0 Å². The number of rotatable bonds is 4. The molecule has 12 heavy (non-hydrogen) atoms. The van der Waals surface area contributed by atoms with Gasteiger partial charge in [0.1, 0.15) is 12.6 Å². The largest absolute Gasteiger partial charge is 0.462 e. The molecule has 72 valence electrons. The number of hydrogen-bond donors (Lipinski definition) is 3. The second-order valence-electron chi connectivity index (χ2n) is 2.75. The van der Waals surface area contributed by atoms with Crippen LogP contribution in [-0.4, -0.2) is 41.0 Å². The van der Waals surface area contributed by atoms with Crippen molar-refractivity contribution in [2.24, 2.45) is 5.73 Å². The average molecular weight is 177 g/mol. The second kappa shape index (κ2) is 5.08. The predicted octanol–water partition coefficient (Wildman–Crippen LogP) is -1.38. The molecule has 0 radical (unpaired) electrons. The fourth-order valence-corrected chi connectivity index (χ4v) is 0.496. The lowest BCUT2D eigenvalue weighted by Crippen LogP contribution is -2.42. The third kappa shape index (κ3) is 4.27. The Morgan fingerprint density at radius 3 is 2.33 bits per heavy atom. The van der Waals surface area contributed by atoms with Gasteiger partial charge < -0.3 is 20.7 Å². The quantitative estimate of drug-likeness (QED) is 0.460. The molecular formula is C7H15NO4. The maximum absolute atomic E-state index is 10.9. The van der Waals surface area contributed by atoms with Crippen LogP contribution in [0.1, 0.15) is 13.8 Å². The molecule has 0 aromatic carbocycles. The Morgan fingerprint density at radius 1 is 1.50 bits per heavy atom. The van der Waals surface area contributed by atoms with Crippen molar-refractivity contribution in [2.75, 3.05) is 6.61 Å². The molecule has 0 aliphatic rings. The zero-order chi connectivity index (χ0) is 9.72. The number of carbonyl (C=O) groups excluding carboxylic acids is 1. The van der Waals surface area contributed by atoms with E-state index in [2.05, 4.69) is 4.74 Å². The van der Waals surface area contributed by atoms with E-state index in [9.17, 15) is 4.79 Å². The zero-order valence-electron chi connectivity index (χ0n) is 7.23. The first-order valence-electron chi connectivity index (χ1n) is 3.73. The highest BCUT2D eigenvalue weighted by Crippen LogP contribution is 1.93. The third-order valence-corrected chi connectivity index (χ3v) is 1.26. The molecule has 0 aliphatic carbocycles. The Bertz CT molecular complexity index is 146. The molecule has 3 atom stereocenters. The number of nitrogens with two attached hydrogens (primary N) is 1. The Hall–Kier alpha value is -0.650. The summed E-state index contributed by atoms with van der Waals surface area (Å²) in [6.45, 7) is 2.79. The van der Waals surface area contributed by atoms with Gasteiger partial charge in [-0.3, -0.25) is 4.79 Å². The smallest absolute Gasteiger partial charge is 0.325 e. The molecule has 0 aromatic rings. The topological polar surface area (TPSA) is 92.8 Å². The molecule has 0 heterocycles. The van der Waals surface area contributed by atoms with Gasteiger partial charge >= 0.3 is 5.97 Å². The third-order valence-electron chi connectivity index (χ3n) is 1.26. The van der Waals surface area contributed by atoms with E-state index in [0.29, 0.717) is 0 Å². The predicted molar refractivity (Wildman–Crippen MR) is 42.3 cm³/mol. The van der Waals surface area contributed by atoms with E-state index < -0.39 is 24.2 Å². The maximum Gasteiger partial charge on any atom is 0.325 e. The van der Waals surface area contributed by atoms with Crippen molar-refractivity contribution in [1.29, 1.82) is 0 Å². The number of carbonyl (C=O) groups is 1. The molecule has 0 bridgehead atoms. The molecule has 5 nitrogen and oxygen atoms in total. The van der Waals surface area contributed by atoms with E-state index in [1.807, 2.05) is 0 Å². The number of hydrogen-bond acceptors (Lipinski definition) is 5. The Balaban J connectivity index is 3.72. The van der Waals surface area contributed by atoms with E-state index in [0.717, 1.165) is 0 Å². The van der Waals surface area contributed by atoms with Crippen LogP contribution in [0.2, 0.25) is 0 Å². The van der Waals surface area contributed by atoms with Crippen molar-refractivity contribution in [3.8, 4) is 0 Å². The fourth-order valence-electron chi connectivity index (χ4n) is 0.496. The summed E-state index contributed by atoms with van der Waals surface area (Å²) in [5.74, 6) is -0.703. The molecule has 1 unspecified atom stereocenters. The van der Waals surface area contributed by atoms with Gasteiger partial charge in [0, 0.05) is 0 Å². The van der Waals surface area contributed by atoms with Gasteiger partial charge in [0.15, 0.2) is 0 Å². The van der Waals surface area contributed by atoms with Gasteiger partial charge in [-0.25, -0.2) is 0 Å². The molecule has 5 heteroatoms.